The summed E-state index contributed by atoms with van der Waals surface area (Å²) in [4.78, 5) is 24.8. The fourth-order valence-electron chi connectivity index (χ4n) is 3.98. The number of Topliss-reactive ketones (excluding diaryl/α,β-unsaturated/α-hetero) is 1. The molecule has 5 unspecified atom stereocenters. The van der Waals surface area contributed by atoms with Crippen LogP contribution < -0.4 is 4.74 Å². The van der Waals surface area contributed by atoms with E-state index in [4.69, 9.17) is 14.2 Å². The standard InChI is InChI=1S/C24H32O10/c1-13-6-5-9-15(26)8-4-2-3-7-14-10-16(11-17(27)19(14)23(31)32-13)33-24-22(30)21(29)20(28)18(12-25)34-24/h3,7,10-11,13,18,20-22,24-25,27-30H,2,4-6,8-9,12H2,1H3/b7-3+/t13-,18?,20?,21?,22?,24?/m0/s1. The quantitative estimate of drug-likeness (QED) is 0.395. The Morgan fingerprint density at radius 1 is 1.06 bits per heavy atom. The predicted octanol–water partition coefficient (Wildman–Crippen LogP) is 1.05. The topological polar surface area (TPSA) is 163 Å². The first-order chi connectivity index (χ1) is 16.2. The molecule has 2 heterocycles. The third-order valence-electron chi connectivity index (χ3n) is 5.92. The van der Waals surface area contributed by atoms with E-state index in [1.54, 1.807) is 19.1 Å². The van der Waals surface area contributed by atoms with Crippen LogP contribution >= 0.6 is 0 Å². The third kappa shape index (κ3) is 6.34. The molecule has 10 nitrogen and oxygen atoms in total. The average molecular weight is 481 g/mol. The summed E-state index contributed by atoms with van der Waals surface area (Å²) in [5, 5.41) is 50.1. The second kappa shape index (κ2) is 11.8. The summed E-state index contributed by atoms with van der Waals surface area (Å²) in [5.41, 5.74) is 0.234. The van der Waals surface area contributed by atoms with Gasteiger partial charge in [-0.2, -0.15) is 0 Å². The van der Waals surface area contributed by atoms with Crippen molar-refractivity contribution in [3.05, 3.63) is 29.3 Å². The smallest absolute Gasteiger partial charge is 0.342 e. The number of benzene rings is 1. The first kappa shape index (κ1) is 26.1. The lowest BCUT2D eigenvalue weighted by molar-refractivity contribution is -0.277. The highest BCUT2D eigenvalue weighted by Gasteiger charge is 2.44. The van der Waals surface area contributed by atoms with Gasteiger partial charge < -0.3 is 39.7 Å². The Labute approximate surface area is 197 Å². The zero-order valence-corrected chi connectivity index (χ0v) is 19.0. The number of aliphatic hydroxyl groups is 4. The lowest BCUT2D eigenvalue weighted by Crippen LogP contribution is -2.60. The van der Waals surface area contributed by atoms with Gasteiger partial charge in [-0.05, 0) is 44.2 Å². The minimum atomic E-state index is -1.63. The van der Waals surface area contributed by atoms with Crippen LogP contribution in [0.3, 0.4) is 0 Å². The molecule has 1 fully saturated rings. The molecule has 0 saturated carbocycles. The number of ether oxygens (including phenoxy) is 3. The molecule has 188 valence electrons. The number of fused-ring (bicyclic) bond motifs is 1. The van der Waals surface area contributed by atoms with Gasteiger partial charge in [-0.1, -0.05) is 12.2 Å². The van der Waals surface area contributed by atoms with Gasteiger partial charge in [-0.3, -0.25) is 4.79 Å². The fraction of sp³-hybridized carbons (Fsp3) is 0.583. The SMILES string of the molecule is C[C@H]1CCCC(=O)CCC/C=C/c2cc(OC3OC(CO)C(O)C(O)C3O)cc(O)c2C(=O)O1. The Kier molecular flexibility index (Phi) is 9.03. The van der Waals surface area contributed by atoms with Crippen molar-refractivity contribution in [2.24, 2.45) is 0 Å². The summed E-state index contributed by atoms with van der Waals surface area (Å²) >= 11 is 0. The first-order valence-corrected chi connectivity index (χ1v) is 11.4. The Morgan fingerprint density at radius 3 is 2.53 bits per heavy atom. The van der Waals surface area contributed by atoms with E-state index in [-0.39, 0.29) is 17.1 Å². The summed E-state index contributed by atoms with van der Waals surface area (Å²) in [6.45, 7) is 1.10. The molecule has 0 radical (unpaired) electrons. The first-order valence-electron chi connectivity index (χ1n) is 11.4. The van der Waals surface area contributed by atoms with Crippen LogP contribution in [0.2, 0.25) is 0 Å². The normalized spacial score (nSPS) is 32.3. The van der Waals surface area contributed by atoms with E-state index in [9.17, 15) is 35.1 Å². The molecule has 3 rings (SSSR count). The van der Waals surface area contributed by atoms with Gasteiger partial charge in [0, 0.05) is 18.9 Å². The van der Waals surface area contributed by atoms with E-state index in [1.165, 1.54) is 6.07 Å². The number of aliphatic hydroxyl groups excluding tert-OH is 4. The van der Waals surface area contributed by atoms with Gasteiger partial charge in [0.1, 0.15) is 47.3 Å². The summed E-state index contributed by atoms with van der Waals surface area (Å²) in [6.07, 6.45) is -1.24. The maximum absolute atomic E-state index is 12.8. The summed E-state index contributed by atoms with van der Waals surface area (Å²) < 4.78 is 16.4. The summed E-state index contributed by atoms with van der Waals surface area (Å²) in [6, 6.07) is 2.60. The van der Waals surface area contributed by atoms with E-state index >= 15 is 0 Å². The minimum absolute atomic E-state index is 0.0161. The molecule has 10 heteroatoms. The van der Waals surface area contributed by atoms with Crippen LogP contribution in [0.4, 0.5) is 0 Å². The summed E-state index contributed by atoms with van der Waals surface area (Å²) in [5.74, 6) is -0.965. The van der Waals surface area contributed by atoms with Gasteiger partial charge in [0.05, 0.1) is 12.7 Å². The zero-order valence-electron chi connectivity index (χ0n) is 19.0. The predicted molar refractivity (Wildman–Crippen MR) is 119 cm³/mol. The van der Waals surface area contributed by atoms with Gasteiger partial charge in [-0.15, -0.1) is 0 Å². The Balaban J connectivity index is 1.88. The van der Waals surface area contributed by atoms with Crippen LogP contribution in [0.25, 0.3) is 6.08 Å². The molecule has 0 aromatic heterocycles. The van der Waals surface area contributed by atoms with Crippen LogP contribution in [0.5, 0.6) is 11.5 Å². The maximum atomic E-state index is 12.8. The van der Waals surface area contributed by atoms with Crippen LogP contribution in [0, 0.1) is 0 Å². The molecule has 1 aromatic carbocycles. The van der Waals surface area contributed by atoms with Crippen molar-refractivity contribution in [2.75, 3.05) is 6.61 Å². The fourth-order valence-corrected chi connectivity index (χ4v) is 3.98. The molecular formula is C24H32O10. The van der Waals surface area contributed by atoms with E-state index in [0.29, 0.717) is 44.1 Å². The second-order valence-corrected chi connectivity index (χ2v) is 8.66. The molecule has 5 N–H and O–H groups in total. The molecule has 0 bridgehead atoms. The van der Waals surface area contributed by atoms with Crippen molar-refractivity contribution < 1.29 is 49.3 Å². The lowest BCUT2D eigenvalue weighted by Gasteiger charge is -2.39. The van der Waals surface area contributed by atoms with Crippen LogP contribution in [-0.4, -0.2) is 80.7 Å². The molecule has 34 heavy (non-hydrogen) atoms. The maximum Gasteiger partial charge on any atom is 0.342 e. The number of esters is 1. The van der Waals surface area contributed by atoms with Crippen molar-refractivity contribution in [3.8, 4) is 11.5 Å². The largest absolute Gasteiger partial charge is 0.507 e. The number of hydrogen-bond acceptors (Lipinski definition) is 10. The molecule has 0 amide bonds. The van der Waals surface area contributed by atoms with Gasteiger partial charge in [0.15, 0.2) is 0 Å². The lowest BCUT2D eigenvalue weighted by atomic mass is 9.99. The minimum Gasteiger partial charge on any atom is -0.507 e. The Bertz CT molecular complexity index is 896. The highest BCUT2D eigenvalue weighted by Crippen LogP contribution is 2.33. The van der Waals surface area contributed by atoms with Crippen molar-refractivity contribution in [2.45, 2.75) is 82.3 Å². The number of ketones is 1. The van der Waals surface area contributed by atoms with Crippen LogP contribution in [0.15, 0.2) is 18.2 Å². The van der Waals surface area contributed by atoms with Crippen molar-refractivity contribution in [1.82, 2.24) is 0 Å². The number of allylic oxidation sites excluding steroid dienone is 1. The second-order valence-electron chi connectivity index (χ2n) is 8.66. The number of cyclic esters (lactones) is 1. The summed E-state index contributed by atoms with van der Waals surface area (Å²) in [7, 11) is 0. The molecule has 1 aromatic rings. The van der Waals surface area contributed by atoms with Crippen molar-refractivity contribution >= 4 is 17.8 Å². The average Bonchev–Trinajstić information content (AvgIpc) is 2.78. The Hall–Kier alpha value is -2.50. The monoisotopic (exact) mass is 480 g/mol. The number of aromatic hydroxyl groups is 1. The van der Waals surface area contributed by atoms with E-state index < -0.39 is 55.1 Å². The number of hydrogen-bond donors (Lipinski definition) is 5. The van der Waals surface area contributed by atoms with E-state index in [2.05, 4.69) is 0 Å². The highest BCUT2D eigenvalue weighted by molar-refractivity contribution is 5.97. The number of carbonyl (C=O) groups is 2. The number of phenols is 1. The van der Waals surface area contributed by atoms with E-state index in [1.807, 2.05) is 0 Å². The molecule has 0 aliphatic carbocycles. The van der Waals surface area contributed by atoms with Gasteiger partial charge in [0.25, 0.3) is 0 Å². The number of phenolic OH excluding ortho intramolecular Hbond substituents is 1. The molecule has 2 aliphatic rings. The number of rotatable bonds is 3. The van der Waals surface area contributed by atoms with Crippen LogP contribution in [0.1, 0.15) is 61.4 Å². The molecule has 6 atom stereocenters. The third-order valence-corrected chi connectivity index (χ3v) is 5.92. The molecule has 2 aliphatic heterocycles. The highest BCUT2D eigenvalue weighted by atomic mass is 16.7. The van der Waals surface area contributed by atoms with Gasteiger partial charge in [0.2, 0.25) is 6.29 Å². The molecule has 0 spiro atoms. The molecular weight excluding hydrogens is 448 g/mol. The van der Waals surface area contributed by atoms with E-state index in [0.717, 1.165) is 6.07 Å². The van der Waals surface area contributed by atoms with Crippen molar-refractivity contribution in [3.63, 3.8) is 0 Å². The van der Waals surface area contributed by atoms with Crippen molar-refractivity contribution in [1.29, 1.82) is 0 Å². The van der Waals surface area contributed by atoms with Gasteiger partial charge >= 0.3 is 5.97 Å². The zero-order chi connectivity index (χ0) is 24.8. The van der Waals surface area contributed by atoms with Crippen LogP contribution in [-0.2, 0) is 14.3 Å². The Morgan fingerprint density at radius 2 is 1.79 bits per heavy atom. The number of carbonyl (C=O) groups excluding carboxylic acids is 2. The van der Waals surface area contributed by atoms with Gasteiger partial charge in [-0.25, -0.2) is 4.79 Å². The molecule has 1 saturated heterocycles.